The number of β-amino-alcohol motifs (C(OH)–C–C–N with tert-alkyl or cyclic N) is 1. The number of amides is 1. The Balaban J connectivity index is 1.53. The Morgan fingerprint density at radius 2 is 2.25 bits per heavy atom. The van der Waals surface area contributed by atoms with Crippen molar-refractivity contribution in [3.05, 3.63) is 0 Å². The first kappa shape index (κ1) is 10.5. The van der Waals surface area contributed by atoms with Crippen molar-refractivity contribution in [2.45, 2.75) is 56.1 Å². The van der Waals surface area contributed by atoms with Crippen LogP contribution in [0.3, 0.4) is 0 Å². The van der Waals surface area contributed by atoms with Gasteiger partial charge in [0.25, 0.3) is 0 Å². The highest BCUT2D eigenvalue weighted by Gasteiger charge is 2.42. The first-order chi connectivity index (χ1) is 7.72. The minimum atomic E-state index is -0.382. The van der Waals surface area contributed by atoms with Crippen molar-refractivity contribution in [2.75, 3.05) is 6.54 Å². The van der Waals surface area contributed by atoms with Gasteiger partial charge >= 0.3 is 0 Å². The van der Waals surface area contributed by atoms with E-state index in [9.17, 15) is 9.90 Å². The molecule has 3 fully saturated rings. The molecule has 90 valence electrons. The molecule has 0 saturated carbocycles. The molecule has 5 unspecified atom stereocenters. The Morgan fingerprint density at radius 3 is 2.81 bits per heavy atom. The van der Waals surface area contributed by atoms with E-state index in [0.29, 0.717) is 19.1 Å². The van der Waals surface area contributed by atoms with E-state index in [0.717, 1.165) is 19.3 Å². The van der Waals surface area contributed by atoms with Crippen LogP contribution >= 0.6 is 0 Å². The zero-order valence-corrected chi connectivity index (χ0v) is 9.19. The molecule has 5 nitrogen and oxygen atoms in total. The molecular weight excluding hydrogens is 208 g/mol. The molecule has 3 saturated heterocycles. The minimum absolute atomic E-state index is 0.0118. The third-order valence-electron chi connectivity index (χ3n) is 3.86. The zero-order chi connectivity index (χ0) is 11.1. The first-order valence-electron chi connectivity index (χ1n) is 6.09. The van der Waals surface area contributed by atoms with Gasteiger partial charge in [0, 0.05) is 6.54 Å². The van der Waals surface area contributed by atoms with Crippen LogP contribution < -0.4 is 10.6 Å². The van der Waals surface area contributed by atoms with Crippen LogP contribution in [-0.4, -0.2) is 48.0 Å². The van der Waals surface area contributed by atoms with Crippen LogP contribution in [0.15, 0.2) is 0 Å². The predicted octanol–water partition coefficient (Wildman–Crippen LogP) is -0.855. The molecule has 0 spiro atoms. The van der Waals surface area contributed by atoms with E-state index in [1.807, 2.05) is 0 Å². The van der Waals surface area contributed by atoms with Crippen LogP contribution in [0.5, 0.6) is 0 Å². The smallest absolute Gasteiger partial charge is 0.237 e. The van der Waals surface area contributed by atoms with Crippen molar-refractivity contribution >= 4 is 5.91 Å². The Kier molecular flexibility index (Phi) is 2.61. The lowest BCUT2D eigenvalue weighted by Crippen LogP contribution is -2.48. The van der Waals surface area contributed by atoms with Gasteiger partial charge in [0.1, 0.15) is 0 Å². The Morgan fingerprint density at radius 1 is 1.38 bits per heavy atom. The van der Waals surface area contributed by atoms with E-state index in [1.54, 1.807) is 0 Å². The number of hydrogen-bond acceptors (Lipinski definition) is 4. The lowest BCUT2D eigenvalue weighted by molar-refractivity contribution is -0.124. The molecule has 0 aromatic carbocycles. The van der Waals surface area contributed by atoms with Crippen LogP contribution in [0.2, 0.25) is 0 Å². The van der Waals surface area contributed by atoms with E-state index in [4.69, 9.17) is 4.74 Å². The maximum Gasteiger partial charge on any atom is 0.237 e. The molecule has 3 aliphatic rings. The highest BCUT2D eigenvalue weighted by Crippen LogP contribution is 2.34. The van der Waals surface area contributed by atoms with Crippen LogP contribution in [0, 0.1) is 0 Å². The van der Waals surface area contributed by atoms with Gasteiger partial charge in [-0.3, -0.25) is 4.79 Å². The molecule has 0 aromatic rings. The number of rotatable bonds is 2. The van der Waals surface area contributed by atoms with Crippen molar-refractivity contribution in [1.29, 1.82) is 0 Å². The summed E-state index contributed by atoms with van der Waals surface area (Å²) in [7, 11) is 0. The van der Waals surface area contributed by atoms with Gasteiger partial charge in [-0.25, -0.2) is 0 Å². The summed E-state index contributed by atoms with van der Waals surface area (Å²) in [5, 5.41) is 15.4. The first-order valence-corrected chi connectivity index (χ1v) is 6.09. The molecule has 3 rings (SSSR count). The normalized spacial score (nSPS) is 46.2. The quantitative estimate of drug-likeness (QED) is 0.573. The monoisotopic (exact) mass is 226 g/mol. The lowest BCUT2D eigenvalue weighted by Gasteiger charge is -2.22. The summed E-state index contributed by atoms with van der Waals surface area (Å²) in [6.07, 6.45) is 3.87. The number of carbonyl (C=O) groups excluding carboxylic acids is 1. The molecule has 5 heteroatoms. The fraction of sp³-hybridized carbons (Fsp3) is 0.909. The van der Waals surface area contributed by atoms with Gasteiger partial charge in [-0.1, -0.05) is 0 Å². The van der Waals surface area contributed by atoms with E-state index >= 15 is 0 Å². The molecule has 1 amide bonds. The molecule has 3 heterocycles. The van der Waals surface area contributed by atoms with Gasteiger partial charge in [0.2, 0.25) is 5.91 Å². The summed E-state index contributed by atoms with van der Waals surface area (Å²) in [5.41, 5.74) is 0. The Labute approximate surface area is 94.5 Å². The zero-order valence-electron chi connectivity index (χ0n) is 9.19. The number of aliphatic hydroxyl groups is 1. The van der Waals surface area contributed by atoms with E-state index < -0.39 is 0 Å². The van der Waals surface area contributed by atoms with Gasteiger partial charge in [0.05, 0.1) is 30.4 Å². The number of hydrogen-bond donors (Lipinski definition) is 3. The SMILES string of the molecule is O=C(NC1CC2CCC1O2)C1CC(O)CN1. The Hall–Kier alpha value is -0.650. The second-order valence-electron chi connectivity index (χ2n) is 5.08. The van der Waals surface area contributed by atoms with E-state index in [2.05, 4.69) is 10.6 Å². The average molecular weight is 226 g/mol. The highest BCUT2D eigenvalue weighted by atomic mass is 16.5. The maximum atomic E-state index is 11.9. The lowest BCUT2D eigenvalue weighted by atomic mass is 9.95. The summed E-state index contributed by atoms with van der Waals surface area (Å²) >= 11 is 0. The summed E-state index contributed by atoms with van der Waals surface area (Å²) in [6, 6.07) is -0.0417. The van der Waals surface area contributed by atoms with Crippen LogP contribution in [0.1, 0.15) is 25.7 Å². The predicted molar refractivity (Wildman–Crippen MR) is 56.9 cm³/mol. The summed E-state index contributed by atoms with van der Waals surface area (Å²) in [4.78, 5) is 11.9. The largest absolute Gasteiger partial charge is 0.392 e. The molecule has 5 atom stereocenters. The second kappa shape index (κ2) is 3.98. The van der Waals surface area contributed by atoms with Crippen molar-refractivity contribution < 1.29 is 14.6 Å². The number of fused-ring (bicyclic) bond motifs is 2. The van der Waals surface area contributed by atoms with Crippen LogP contribution in [0.25, 0.3) is 0 Å². The molecule has 3 N–H and O–H groups in total. The summed E-state index contributed by atoms with van der Waals surface area (Å²) in [6.45, 7) is 0.519. The number of nitrogens with one attached hydrogen (secondary N) is 2. The van der Waals surface area contributed by atoms with Crippen molar-refractivity contribution in [3.8, 4) is 0 Å². The fourth-order valence-electron chi connectivity index (χ4n) is 2.99. The average Bonchev–Trinajstić information content (AvgIpc) is 2.92. The van der Waals surface area contributed by atoms with Crippen LogP contribution in [0.4, 0.5) is 0 Å². The molecule has 2 bridgehead atoms. The number of carbonyl (C=O) groups is 1. The van der Waals surface area contributed by atoms with Crippen molar-refractivity contribution in [3.63, 3.8) is 0 Å². The number of aliphatic hydroxyl groups excluding tert-OH is 1. The third-order valence-corrected chi connectivity index (χ3v) is 3.86. The van der Waals surface area contributed by atoms with Gasteiger partial charge in [-0.15, -0.1) is 0 Å². The minimum Gasteiger partial charge on any atom is -0.392 e. The molecule has 0 radical (unpaired) electrons. The second-order valence-corrected chi connectivity index (χ2v) is 5.08. The van der Waals surface area contributed by atoms with Crippen LogP contribution in [-0.2, 0) is 9.53 Å². The van der Waals surface area contributed by atoms with Gasteiger partial charge in [-0.05, 0) is 25.7 Å². The van der Waals surface area contributed by atoms with Gasteiger partial charge in [-0.2, -0.15) is 0 Å². The standard InChI is InChI=1S/C11H18N2O3/c14-6-3-9(12-5-6)11(15)13-8-4-7-1-2-10(8)16-7/h6-10,12,14H,1-5H2,(H,13,15). The highest BCUT2D eigenvalue weighted by molar-refractivity contribution is 5.82. The topological polar surface area (TPSA) is 70.6 Å². The summed E-state index contributed by atoms with van der Waals surface area (Å²) < 4.78 is 5.69. The van der Waals surface area contributed by atoms with E-state index in [-0.39, 0.29) is 30.2 Å². The molecule has 16 heavy (non-hydrogen) atoms. The Bertz CT molecular complexity index is 297. The van der Waals surface area contributed by atoms with Gasteiger partial charge in [0.15, 0.2) is 0 Å². The van der Waals surface area contributed by atoms with Crippen molar-refractivity contribution in [1.82, 2.24) is 10.6 Å². The number of ether oxygens (including phenoxy) is 1. The molecular formula is C11H18N2O3. The van der Waals surface area contributed by atoms with Crippen molar-refractivity contribution in [2.24, 2.45) is 0 Å². The molecule has 0 aromatic heterocycles. The molecule has 3 aliphatic heterocycles. The van der Waals surface area contributed by atoms with E-state index in [1.165, 1.54) is 0 Å². The molecule has 0 aliphatic carbocycles. The summed E-state index contributed by atoms with van der Waals surface area (Å²) in [5.74, 6) is 0.0118. The maximum absolute atomic E-state index is 11.9. The third kappa shape index (κ3) is 1.83. The van der Waals surface area contributed by atoms with Gasteiger partial charge < -0.3 is 20.5 Å². The fourth-order valence-corrected chi connectivity index (χ4v) is 2.99.